The Labute approximate surface area is 149 Å². The molecule has 0 radical (unpaired) electrons. The third kappa shape index (κ3) is 4.43. The molecular weight excluding hydrogens is 294 g/mol. The van der Waals surface area contributed by atoms with Gasteiger partial charge in [0.1, 0.15) is 0 Å². The topological polar surface area (TPSA) is 12.5 Å². The molecule has 3 fully saturated rings. The maximum Gasteiger partial charge on any atom is 0.0597 e. The molecule has 3 aliphatic carbocycles. The zero-order valence-electron chi connectivity index (χ0n) is 15.5. The number of hydrogen-bond donors (Lipinski definition) is 0. The van der Waals surface area contributed by atoms with Crippen LogP contribution in [0.25, 0.3) is 0 Å². The molecule has 5 aliphatic rings. The molecule has 0 aromatic carbocycles. The summed E-state index contributed by atoms with van der Waals surface area (Å²) in [5, 5.41) is 0. The summed E-state index contributed by atoms with van der Waals surface area (Å²) in [5.74, 6) is 2.89. The normalized spacial score (nSPS) is 37.8. The largest absolute Gasteiger partial charge is 0.377 e. The van der Waals surface area contributed by atoms with Crippen molar-refractivity contribution in [2.45, 2.75) is 89.2 Å². The number of ether oxygens (including phenoxy) is 1. The molecule has 0 aromatic heterocycles. The fourth-order valence-electron chi connectivity index (χ4n) is 5.78. The molecule has 2 aliphatic heterocycles. The van der Waals surface area contributed by atoms with Crippen molar-refractivity contribution in [3.8, 4) is 0 Å². The molecule has 24 heavy (non-hydrogen) atoms. The fourth-order valence-corrected chi connectivity index (χ4v) is 5.78. The van der Waals surface area contributed by atoms with Crippen LogP contribution < -0.4 is 0 Å². The lowest BCUT2D eigenvalue weighted by Crippen LogP contribution is -2.46. The minimum absolute atomic E-state index is 0.560. The smallest absolute Gasteiger partial charge is 0.0597 e. The van der Waals surface area contributed by atoms with Gasteiger partial charge < -0.3 is 4.74 Å². The zero-order chi connectivity index (χ0) is 16.2. The van der Waals surface area contributed by atoms with Crippen molar-refractivity contribution in [1.29, 1.82) is 0 Å². The van der Waals surface area contributed by atoms with Crippen LogP contribution in [0.1, 0.15) is 77.0 Å². The van der Waals surface area contributed by atoms with E-state index in [9.17, 15) is 0 Å². The average Bonchev–Trinajstić information content (AvgIpc) is 2.65. The molecule has 2 heterocycles. The van der Waals surface area contributed by atoms with E-state index in [0.29, 0.717) is 12.1 Å². The van der Waals surface area contributed by atoms with Crippen LogP contribution >= 0.6 is 0 Å². The summed E-state index contributed by atoms with van der Waals surface area (Å²) >= 11 is 0. The number of hydrogen-bond acceptors (Lipinski definition) is 2. The zero-order valence-corrected chi connectivity index (χ0v) is 15.5. The Kier molecular flexibility index (Phi) is 5.95. The lowest BCUT2D eigenvalue weighted by atomic mass is 9.77. The minimum atomic E-state index is 0.560. The first-order valence-corrected chi connectivity index (χ1v) is 10.9. The van der Waals surface area contributed by atoms with E-state index in [4.69, 9.17) is 4.74 Å². The van der Waals surface area contributed by atoms with Crippen LogP contribution in [-0.2, 0) is 4.74 Å². The Morgan fingerprint density at radius 2 is 1.58 bits per heavy atom. The van der Waals surface area contributed by atoms with E-state index in [0.717, 1.165) is 30.9 Å². The van der Waals surface area contributed by atoms with Crippen LogP contribution in [0, 0.1) is 17.8 Å². The van der Waals surface area contributed by atoms with Crippen molar-refractivity contribution in [2.24, 2.45) is 17.8 Å². The molecule has 2 atom stereocenters. The van der Waals surface area contributed by atoms with Crippen LogP contribution in [0.15, 0.2) is 12.2 Å². The van der Waals surface area contributed by atoms with Gasteiger partial charge in [-0.25, -0.2) is 0 Å². The van der Waals surface area contributed by atoms with Crippen molar-refractivity contribution in [2.75, 3.05) is 19.7 Å². The molecule has 2 saturated carbocycles. The molecule has 2 heteroatoms. The van der Waals surface area contributed by atoms with E-state index in [1.807, 2.05) is 0 Å². The molecule has 2 nitrogen and oxygen atoms in total. The van der Waals surface area contributed by atoms with Crippen molar-refractivity contribution >= 4 is 0 Å². The van der Waals surface area contributed by atoms with Gasteiger partial charge in [-0.15, -0.1) is 0 Å². The molecule has 2 unspecified atom stereocenters. The van der Waals surface area contributed by atoms with E-state index in [1.165, 1.54) is 83.6 Å². The van der Waals surface area contributed by atoms with Gasteiger partial charge in [-0.2, -0.15) is 0 Å². The van der Waals surface area contributed by atoms with Gasteiger partial charge in [-0.05, 0) is 62.7 Å². The van der Waals surface area contributed by atoms with E-state index in [-0.39, 0.29) is 0 Å². The number of rotatable bonds is 6. The van der Waals surface area contributed by atoms with Crippen LogP contribution in [0.2, 0.25) is 0 Å². The van der Waals surface area contributed by atoms with Gasteiger partial charge in [0.25, 0.3) is 0 Å². The maximum absolute atomic E-state index is 6.27. The lowest BCUT2D eigenvalue weighted by Gasteiger charge is -2.41. The summed E-state index contributed by atoms with van der Waals surface area (Å²) in [6, 6.07) is 0.713. The van der Waals surface area contributed by atoms with Gasteiger partial charge in [0.15, 0.2) is 0 Å². The number of nitrogens with zero attached hydrogens (tertiary/aromatic N) is 1. The van der Waals surface area contributed by atoms with Crippen LogP contribution in [0.4, 0.5) is 0 Å². The quantitative estimate of drug-likeness (QED) is 0.622. The van der Waals surface area contributed by atoms with Gasteiger partial charge >= 0.3 is 0 Å². The van der Waals surface area contributed by atoms with Gasteiger partial charge in [0.05, 0.1) is 12.7 Å². The fraction of sp³-hybridized carbons (Fsp3) is 0.909. The molecule has 0 N–H and O–H groups in total. The molecule has 136 valence electrons. The van der Waals surface area contributed by atoms with Crippen molar-refractivity contribution in [3.63, 3.8) is 0 Å². The molecule has 5 rings (SSSR count). The first-order chi connectivity index (χ1) is 11.9. The summed E-state index contributed by atoms with van der Waals surface area (Å²) in [4.78, 5) is 2.66. The Hall–Kier alpha value is -0.340. The van der Waals surface area contributed by atoms with Gasteiger partial charge in [0, 0.05) is 19.1 Å². The second kappa shape index (κ2) is 8.36. The summed E-state index contributed by atoms with van der Waals surface area (Å²) in [7, 11) is 0. The highest BCUT2D eigenvalue weighted by Gasteiger charge is 2.30. The molecule has 2 bridgehead atoms. The van der Waals surface area contributed by atoms with Crippen LogP contribution in [-0.4, -0.2) is 36.7 Å². The summed E-state index contributed by atoms with van der Waals surface area (Å²) in [5.41, 5.74) is 0. The third-order valence-electron chi connectivity index (χ3n) is 7.29. The van der Waals surface area contributed by atoms with Gasteiger partial charge in [-0.3, -0.25) is 4.90 Å². The maximum atomic E-state index is 6.27. The highest BCUT2D eigenvalue weighted by molar-refractivity contribution is 5.08. The van der Waals surface area contributed by atoms with Crippen molar-refractivity contribution in [3.05, 3.63) is 12.2 Å². The predicted molar refractivity (Wildman–Crippen MR) is 100 cm³/mol. The lowest BCUT2D eigenvalue weighted by molar-refractivity contribution is -0.00463. The van der Waals surface area contributed by atoms with Crippen molar-refractivity contribution < 1.29 is 4.74 Å². The first kappa shape index (κ1) is 17.1. The molecule has 0 aromatic rings. The highest BCUT2D eigenvalue weighted by Crippen LogP contribution is 2.36. The minimum Gasteiger partial charge on any atom is -0.377 e. The number of piperidine rings is 1. The Morgan fingerprint density at radius 3 is 2.25 bits per heavy atom. The first-order valence-electron chi connectivity index (χ1n) is 10.9. The second-order valence-electron chi connectivity index (χ2n) is 9.04. The molecular formula is C22H37NO. The Bertz CT molecular complexity index is 406. The Morgan fingerprint density at radius 1 is 0.792 bits per heavy atom. The van der Waals surface area contributed by atoms with Crippen molar-refractivity contribution in [1.82, 2.24) is 4.90 Å². The second-order valence-corrected chi connectivity index (χ2v) is 9.04. The summed E-state index contributed by atoms with van der Waals surface area (Å²) in [6.45, 7) is 3.38. The van der Waals surface area contributed by atoms with E-state index >= 15 is 0 Å². The third-order valence-corrected chi connectivity index (χ3v) is 7.29. The molecule has 0 spiro atoms. The number of fused-ring (bicyclic) bond motifs is 2. The molecule has 1 saturated heterocycles. The average molecular weight is 332 g/mol. The summed E-state index contributed by atoms with van der Waals surface area (Å²) < 4.78 is 6.27. The SMILES string of the molecule is C1=CC2CCC1CN2CCOC1CCC(CC2CCCCC2)CC1. The van der Waals surface area contributed by atoms with E-state index in [2.05, 4.69) is 17.1 Å². The van der Waals surface area contributed by atoms with Crippen LogP contribution in [0.3, 0.4) is 0 Å². The molecule has 0 amide bonds. The highest BCUT2D eigenvalue weighted by atomic mass is 16.5. The van der Waals surface area contributed by atoms with E-state index < -0.39 is 0 Å². The predicted octanol–water partition coefficient (Wildman–Crippen LogP) is 5.18. The Balaban J connectivity index is 1.10. The van der Waals surface area contributed by atoms with E-state index in [1.54, 1.807) is 0 Å². The standard InChI is InChI=1S/C22H37NO/c1-2-4-18(5-3-1)16-19-8-12-22(13-9-19)24-15-14-23-17-20-6-10-21(23)11-7-20/h6,10,18-22H,1-5,7-9,11-17H2. The monoisotopic (exact) mass is 331 g/mol. The van der Waals surface area contributed by atoms with Gasteiger partial charge in [0.2, 0.25) is 0 Å². The summed E-state index contributed by atoms with van der Waals surface area (Å²) in [6.07, 6.45) is 22.8. The van der Waals surface area contributed by atoms with Crippen LogP contribution in [0.5, 0.6) is 0 Å². The van der Waals surface area contributed by atoms with Gasteiger partial charge in [-0.1, -0.05) is 44.3 Å².